The second kappa shape index (κ2) is 2.53. The Bertz CT molecular complexity index is 366. The standard InChI is InChI=1S/C8H11N3O3/c12-8-3-4-11(13)6(8)2-1-5-7(8)10-14-9-5/h6,12-13H,1-4H2/t6-,8-/m0/s1. The molecular weight excluding hydrogens is 186 g/mol. The normalized spacial score (nSPS) is 36.9. The number of hydrogen-bond donors (Lipinski definition) is 2. The van der Waals surface area contributed by atoms with Crippen molar-refractivity contribution in [3.05, 3.63) is 11.4 Å². The third kappa shape index (κ3) is 0.853. The molecule has 1 aliphatic heterocycles. The molecule has 0 amide bonds. The molecule has 0 aromatic carbocycles. The average molecular weight is 197 g/mol. The van der Waals surface area contributed by atoms with Crippen LogP contribution in [0.15, 0.2) is 4.63 Å². The number of rotatable bonds is 0. The molecule has 1 fully saturated rings. The zero-order valence-corrected chi connectivity index (χ0v) is 7.55. The van der Waals surface area contributed by atoms with Crippen molar-refractivity contribution < 1.29 is 14.9 Å². The fraction of sp³-hybridized carbons (Fsp3) is 0.750. The van der Waals surface area contributed by atoms with Gasteiger partial charge in [-0.05, 0) is 19.3 Å². The molecule has 2 N–H and O–H groups in total. The molecule has 1 saturated heterocycles. The van der Waals surface area contributed by atoms with E-state index in [4.69, 9.17) is 0 Å². The van der Waals surface area contributed by atoms with Gasteiger partial charge in [0, 0.05) is 6.54 Å². The number of hydroxylamine groups is 2. The minimum atomic E-state index is -1.07. The van der Waals surface area contributed by atoms with Crippen LogP contribution in [0.4, 0.5) is 0 Å². The van der Waals surface area contributed by atoms with Crippen LogP contribution in [0, 0.1) is 0 Å². The van der Waals surface area contributed by atoms with Crippen molar-refractivity contribution in [1.82, 2.24) is 15.4 Å². The van der Waals surface area contributed by atoms with E-state index in [9.17, 15) is 10.3 Å². The Labute approximate surface area is 80.0 Å². The second-order valence-corrected chi connectivity index (χ2v) is 3.95. The summed E-state index contributed by atoms with van der Waals surface area (Å²) in [5, 5.41) is 28.6. The molecule has 0 saturated carbocycles. The molecular formula is C8H11N3O3. The lowest BCUT2D eigenvalue weighted by molar-refractivity contribution is -0.144. The summed E-state index contributed by atoms with van der Waals surface area (Å²) in [6.07, 6.45) is 1.87. The van der Waals surface area contributed by atoms with Crippen LogP contribution < -0.4 is 0 Å². The molecule has 3 rings (SSSR count). The van der Waals surface area contributed by atoms with Gasteiger partial charge in [0.05, 0.1) is 6.04 Å². The Morgan fingerprint density at radius 1 is 1.50 bits per heavy atom. The monoisotopic (exact) mass is 197 g/mol. The summed E-state index contributed by atoms with van der Waals surface area (Å²) in [6, 6.07) is -0.262. The molecule has 0 bridgehead atoms. The highest BCUT2D eigenvalue weighted by molar-refractivity contribution is 5.25. The van der Waals surface area contributed by atoms with Crippen LogP contribution in [-0.4, -0.2) is 38.3 Å². The number of aryl methyl sites for hydroxylation is 1. The maximum atomic E-state index is 10.4. The summed E-state index contributed by atoms with van der Waals surface area (Å²) in [5.41, 5.74) is 0.159. The van der Waals surface area contributed by atoms with Crippen LogP contribution in [0.25, 0.3) is 0 Å². The van der Waals surface area contributed by atoms with Gasteiger partial charge >= 0.3 is 0 Å². The third-order valence-corrected chi connectivity index (χ3v) is 3.25. The minimum absolute atomic E-state index is 0.262. The quantitative estimate of drug-likeness (QED) is 0.592. The fourth-order valence-corrected chi connectivity index (χ4v) is 2.49. The van der Waals surface area contributed by atoms with E-state index in [1.54, 1.807) is 0 Å². The van der Waals surface area contributed by atoms with Crippen molar-refractivity contribution in [3.63, 3.8) is 0 Å². The van der Waals surface area contributed by atoms with Crippen molar-refractivity contribution in [2.45, 2.75) is 30.9 Å². The van der Waals surface area contributed by atoms with Crippen LogP contribution in [0.5, 0.6) is 0 Å². The van der Waals surface area contributed by atoms with Gasteiger partial charge in [0.1, 0.15) is 17.0 Å². The lowest BCUT2D eigenvalue weighted by Crippen LogP contribution is -2.45. The summed E-state index contributed by atoms with van der Waals surface area (Å²) >= 11 is 0. The summed E-state index contributed by atoms with van der Waals surface area (Å²) in [7, 11) is 0. The first kappa shape index (κ1) is 8.34. The fourth-order valence-electron chi connectivity index (χ4n) is 2.49. The Kier molecular flexibility index (Phi) is 1.51. The van der Waals surface area contributed by atoms with Crippen LogP contribution >= 0.6 is 0 Å². The largest absolute Gasteiger partial charge is 0.382 e. The molecule has 0 spiro atoms. The molecule has 1 aromatic heterocycles. The van der Waals surface area contributed by atoms with E-state index in [2.05, 4.69) is 14.9 Å². The molecule has 6 heteroatoms. The van der Waals surface area contributed by atoms with Crippen LogP contribution in [0.1, 0.15) is 24.2 Å². The highest BCUT2D eigenvalue weighted by Gasteiger charge is 2.52. The maximum absolute atomic E-state index is 10.4. The number of aromatic nitrogens is 2. The number of nitrogens with zero attached hydrogens (tertiary/aromatic N) is 3. The first-order chi connectivity index (χ1) is 6.72. The Morgan fingerprint density at radius 2 is 2.36 bits per heavy atom. The van der Waals surface area contributed by atoms with E-state index >= 15 is 0 Å². The van der Waals surface area contributed by atoms with Crippen LogP contribution in [-0.2, 0) is 12.0 Å². The first-order valence-corrected chi connectivity index (χ1v) is 4.71. The molecule has 2 heterocycles. The number of fused-ring (bicyclic) bond motifs is 3. The number of aliphatic hydroxyl groups is 1. The van der Waals surface area contributed by atoms with E-state index in [1.807, 2.05) is 0 Å². The van der Waals surface area contributed by atoms with Crippen LogP contribution in [0.3, 0.4) is 0 Å². The Morgan fingerprint density at radius 3 is 3.21 bits per heavy atom. The highest BCUT2D eigenvalue weighted by Crippen LogP contribution is 2.42. The second-order valence-electron chi connectivity index (χ2n) is 3.95. The Hall–Kier alpha value is -0.980. The lowest BCUT2D eigenvalue weighted by atomic mass is 9.81. The van der Waals surface area contributed by atoms with Gasteiger partial charge in [-0.15, -0.1) is 0 Å². The minimum Gasteiger partial charge on any atom is -0.382 e. The average Bonchev–Trinajstić information content (AvgIpc) is 2.72. The predicted molar refractivity (Wildman–Crippen MR) is 43.4 cm³/mol. The SMILES string of the molecule is ON1CC[C@@]2(O)c3nonc3CC[C@H]12. The predicted octanol–water partition coefficient (Wildman–Crippen LogP) is -0.333. The molecule has 1 aliphatic carbocycles. The topological polar surface area (TPSA) is 82.6 Å². The molecule has 14 heavy (non-hydrogen) atoms. The van der Waals surface area contributed by atoms with Gasteiger partial charge in [0.15, 0.2) is 0 Å². The van der Waals surface area contributed by atoms with Gasteiger partial charge in [-0.1, -0.05) is 10.3 Å². The summed E-state index contributed by atoms with van der Waals surface area (Å²) in [6.45, 7) is 0.466. The van der Waals surface area contributed by atoms with Crippen molar-refractivity contribution >= 4 is 0 Å². The molecule has 2 aliphatic rings. The maximum Gasteiger partial charge on any atom is 0.141 e. The Balaban J connectivity index is 2.11. The zero-order valence-electron chi connectivity index (χ0n) is 7.55. The van der Waals surface area contributed by atoms with Gasteiger partial charge in [-0.2, -0.15) is 5.06 Å². The highest BCUT2D eigenvalue weighted by atomic mass is 16.6. The van der Waals surface area contributed by atoms with Gasteiger partial charge in [0.25, 0.3) is 0 Å². The molecule has 6 nitrogen and oxygen atoms in total. The van der Waals surface area contributed by atoms with E-state index in [-0.39, 0.29) is 6.04 Å². The summed E-state index contributed by atoms with van der Waals surface area (Å²) in [4.78, 5) is 0. The van der Waals surface area contributed by atoms with E-state index in [0.29, 0.717) is 31.5 Å². The van der Waals surface area contributed by atoms with Crippen molar-refractivity contribution in [1.29, 1.82) is 0 Å². The van der Waals surface area contributed by atoms with Crippen molar-refractivity contribution in [2.75, 3.05) is 6.54 Å². The van der Waals surface area contributed by atoms with Crippen molar-refractivity contribution in [2.24, 2.45) is 0 Å². The zero-order chi connectivity index (χ0) is 9.76. The van der Waals surface area contributed by atoms with Gasteiger partial charge in [0.2, 0.25) is 0 Å². The molecule has 0 radical (unpaired) electrons. The van der Waals surface area contributed by atoms with Crippen molar-refractivity contribution in [3.8, 4) is 0 Å². The third-order valence-electron chi connectivity index (χ3n) is 3.25. The van der Waals surface area contributed by atoms with E-state index in [1.165, 1.54) is 5.06 Å². The molecule has 0 unspecified atom stereocenters. The van der Waals surface area contributed by atoms with Gasteiger partial charge < -0.3 is 10.3 Å². The molecule has 2 atom stereocenters. The van der Waals surface area contributed by atoms with E-state index < -0.39 is 5.60 Å². The molecule has 1 aromatic rings. The summed E-state index contributed by atoms with van der Waals surface area (Å²) in [5.74, 6) is 0. The smallest absolute Gasteiger partial charge is 0.141 e. The summed E-state index contributed by atoms with van der Waals surface area (Å²) < 4.78 is 4.62. The van der Waals surface area contributed by atoms with Gasteiger partial charge in [-0.25, -0.2) is 4.63 Å². The number of hydrogen-bond acceptors (Lipinski definition) is 6. The lowest BCUT2D eigenvalue weighted by Gasteiger charge is -2.33. The molecule has 76 valence electrons. The van der Waals surface area contributed by atoms with Crippen LogP contribution in [0.2, 0.25) is 0 Å². The van der Waals surface area contributed by atoms with E-state index in [0.717, 1.165) is 5.69 Å². The van der Waals surface area contributed by atoms with Gasteiger partial charge in [-0.3, -0.25) is 0 Å². The first-order valence-electron chi connectivity index (χ1n) is 4.71.